The van der Waals surface area contributed by atoms with Gasteiger partial charge in [-0.1, -0.05) is 255 Å². The normalized spacial score (nSPS) is 18.7. The Balaban J connectivity index is 1.96. The van der Waals surface area contributed by atoms with Crippen LogP contribution in [0, 0.1) is 0 Å². The van der Waals surface area contributed by atoms with Gasteiger partial charge in [0.2, 0.25) is 5.91 Å². The van der Waals surface area contributed by atoms with Gasteiger partial charge in [0.05, 0.1) is 32.0 Å². The van der Waals surface area contributed by atoms with Crippen molar-refractivity contribution in [1.82, 2.24) is 5.32 Å². The highest BCUT2D eigenvalue weighted by atomic mass is 16.7. The summed E-state index contributed by atoms with van der Waals surface area (Å²) in [6.45, 7) is 4.27. The first-order valence-electron chi connectivity index (χ1n) is 33.4. The van der Waals surface area contributed by atoms with E-state index in [1.54, 1.807) is 6.08 Å². The van der Waals surface area contributed by atoms with Crippen molar-refractivity contribution in [2.24, 2.45) is 0 Å². The number of carbonyl (C=O) groups is 2. The molecule has 0 aromatic rings. The van der Waals surface area contributed by atoms with Crippen LogP contribution >= 0.6 is 0 Å². The molecule has 7 unspecified atom stereocenters. The van der Waals surface area contributed by atoms with Gasteiger partial charge < -0.3 is 45.1 Å². The Kier molecular flexibility index (Phi) is 54.3. The first kappa shape index (κ1) is 74.6. The number of nitrogens with one attached hydrogen (secondary N) is 1. The lowest BCUT2D eigenvalue weighted by molar-refractivity contribution is -0.302. The zero-order valence-electron chi connectivity index (χ0n) is 51.1. The molecule has 0 aromatic carbocycles. The van der Waals surface area contributed by atoms with E-state index in [0.717, 1.165) is 57.8 Å². The van der Waals surface area contributed by atoms with E-state index in [1.807, 2.05) is 6.08 Å². The summed E-state index contributed by atoms with van der Waals surface area (Å²) in [6, 6.07) is -0.826. The Morgan fingerprint density at radius 3 is 1.29 bits per heavy atom. The molecule has 7 atom stereocenters. The van der Waals surface area contributed by atoms with Gasteiger partial charge in [-0.15, -0.1) is 0 Å². The minimum atomic E-state index is -1.58. The lowest BCUT2D eigenvalue weighted by Gasteiger charge is -2.40. The highest BCUT2D eigenvalue weighted by Crippen LogP contribution is 2.23. The number of unbranched alkanes of at least 4 members (excludes halogenated alkanes) is 38. The van der Waals surface area contributed by atoms with Gasteiger partial charge in [-0.25, -0.2) is 0 Å². The average molecular weight is 1120 g/mol. The molecule has 1 fully saturated rings. The van der Waals surface area contributed by atoms with Gasteiger partial charge in [-0.05, 0) is 89.9 Å². The van der Waals surface area contributed by atoms with Gasteiger partial charge in [0, 0.05) is 12.8 Å². The number of hydrogen-bond donors (Lipinski definition) is 6. The number of aliphatic hydroxyl groups is 5. The second kappa shape index (κ2) is 57.4. The highest BCUT2D eigenvalue weighted by Gasteiger charge is 2.44. The molecule has 6 N–H and O–H groups in total. The van der Waals surface area contributed by atoms with Crippen molar-refractivity contribution in [3.8, 4) is 0 Å². The Morgan fingerprint density at radius 2 is 0.835 bits per heavy atom. The third-order valence-electron chi connectivity index (χ3n) is 15.6. The number of allylic oxidation sites excluding steroid dienone is 7. The van der Waals surface area contributed by atoms with E-state index < -0.39 is 49.5 Å². The summed E-state index contributed by atoms with van der Waals surface area (Å²) in [4.78, 5) is 25.0. The predicted molar refractivity (Wildman–Crippen MR) is 329 cm³/mol. The second-order valence-corrected chi connectivity index (χ2v) is 23.2. The van der Waals surface area contributed by atoms with Crippen molar-refractivity contribution in [3.63, 3.8) is 0 Å². The topological polar surface area (TPSA) is 175 Å². The molecule has 0 spiro atoms. The molecule has 0 aromatic heterocycles. The van der Waals surface area contributed by atoms with Crippen LogP contribution in [0.2, 0.25) is 0 Å². The van der Waals surface area contributed by atoms with Crippen molar-refractivity contribution in [2.45, 2.75) is 352 Å². The minimum absolute atomic E-state index is 0.00288. The van der Waals surface area contributed by atoms with Crippen LogP contribution in [0.4, 0.5) is 0 Å². The molecule has 11 nitrogen and oxygen atoms in total. The molecule has 1 aliphatic heterocycles. The molecule has 0 saturated carbocycles. The maximum absolute atomic E-state index is 13.0. The molecule has 0 aliphatic carbocycles. The van der Waals surface area contributed by atoms with Crippen LogP contribution in [-0.4, -0.2) is 100 Å². The van der Waals surface area contributed by atoms with Crippen molar-refractivity contribution in [2.75, 3.05) is 19.8 Å². The number of hydrogen-bond acceptors (Lipinski definition) is 10. The predicted octanol–water partition coefficient (Wildman–Crippen LogP) is 16.4. The molecule has 1 amide bonds. The standard InChI is InChI=1S/C68H125NO10/c1-3-5-7-9-11-13-35-40-44-48-52-56-64(73)77-57-53-49-45-41-37-34-32-30-28-26-24-22-20-18-16-15-17-19-21-23-25-27-29-31-33-36-39-43-47-51-55-63(72)69-60(59-78-68-67(76)66(75)65(74)62(58-70)79-68)61(71)54-50-46-42-38-14-12-10-8-6-4-2/h9,11,14,16,18,38,50,54,60-62,65-68,70-71,74-76H,3-8,10,12-13,15,17,19-37,39-49,51-53,55-59H2,1-2H3,(H,69,72)/b11-9-,18-16-,38-14+,54-50+. The van der Waals surface area contributed by atoms with E-state index in [4.69, 9.17) is 14.2 Å². The fourth-order valence-electron chi connectivity index (χ4n) is 10.3. The smallest absolute Gasteiger partial charge is 0.305 e. The number of esters is 1. The summed E-state index contributed by atoms with van der Waals surface area (Å²) in [6.07, 6.45) is 63.9. The zero-order chi connectivity index (χ0) is 57.3. The van der Waals surface area contributed by atoms with Crippen LogP contribution in [0.1, 0.15) is 309 Å². The second-order valence-electron chi connectivity index (χ2n) is 23.2. The van der Waals surface area contributed by atoms with E-state index >= 15 is 0 Å². The Bertz CT molecular complexity index is 1450. The van der Waals surface area contributed by atoms with Gasteiger partial charge in [0.25, 0.3) is 0 Å². The molecule has 1 rings (SSSR count). The van der Waals surface area contributed by atoms with Crippen LogP contribution in [0.5, 0.6) is 0 Å². The molecule has 462 valence electrons. The van der Waals surface area contributed by atoms with Gasteiger partial charge >= 0.3 is 5.97 Å². The van der Waals surface area contributed by atoms with Gasteiger partial charge in [-0.3, -0.25) is 9.59 Å². The van der Waals surface area contributed by atoms with Crippen LogP contribution in [0.3, 0.4) is 0 Å². The van der Waals surface area contributed by atoms with E-state index in [9.17, 15) is 35.1 Å². The third kappa shape index (κ3) is 46.8. The summed E-state index contributed by atoms with van der Waals surface area (Å²) in [5.74, 6) is -0.195. The molecular weight excluding hydrogens is 991 g/mol. The monoisotopic (exact) mass is 1120 g/mol. The molecule has 79 heavy (non-hydrogen) atoms. The third-order valence-corrected chi connectivity index (χ3v) is 15.6. The quantitative estimate of drug-likeness (QED) is 0.0195. The van der Waals surface area contributed by atoms with Crippen molar-refractivity contribution < 1.29 is 49.3 Å². The zero-order valence-corrected chi connectivity index (χ0v) is 51.1. The van der Waals surface area contributed by atoms with Crippen molar-refractivity contribution in [3.05, 3.63) is 48.6 Å². The fourth-order valence-corrected chi connectivity index (χ4v) is 10.3. The van der Waals surface area contributed by atoms with Gasteiger partial charge in [0.1, 0.15) is 24.4 Å². The Morgan fingerprint density at radius 1 is 0.456 bits per heavy atom. The molecule has 11 heteroatoms. The molecule has 1 heterocycles. The number of carbonyl (C=O) groups excluding carboxylic acids is 2. The average Bonchev–Trinajstić information content (AvgIpc) is 3.48. The van der Waals surface area contributed by atoms with Crippen molar-refractivity contribution >= 4 is 11.9 Å². The van der Waals surface area contributed by atoms with Crippen LogP contribution < -0.4 is 5.32 Å². The van der Waals surface area contributed by atoms with E-state index in [2.05, 4.69) is 55.6 Å². The van der Waals surface area contributed by atoms with Crippen molar-refractivity contribution in [1.29, 1.82) is 0 Å². The number of rotatable bonds is 58. The Hall–Kier alpha value is -2.38. The largest absolute Gasteiger partial charge is 0.466 e. The van der Waals surface area contributed by atoms with Gasteiger partial charge in [0.15, 0.2) is 6.29 Å². The Labute approximate surface area is 485 Å². The van der Waals surface area contributed by atoms with E-state index in [0.29, 0.717) is 19.4 Å². The lowest BCUT2D eigenvalue weighted by Crippen LogP contribution is -2.60. The molecule has 1 saturated heterocycles. The minimum Gasteiger partial charge on any atom is -0.466 e. The summed E-state index contributed by atoms with van der Waals surface area (Å²) in [5.41, 5.74) is 0. The summed E-state index contributed by atoms with van der Waals surface area (Å²) >= 11 is 0. The first-order valence-corrected chi connectivity index (χ1v) is 33.4. The number of ether oxygens (including phenoxy) is 3. The lowest BCUT2D eigenvalue weighted by atomic mass is 9.99. The SMILES string of the molecule is CCCC/C=C\CCCCCCCC(=O)OCCCCCCCCCCCCCC/C=C\CCCCCCCCCCCCCCCCC(=O)NC(COC1OC(CO)C(O)C(O)C1O)C(O)/C=C/CC/C=C/CCCCCC. The first-order chi connectivity index (χ1) is 38.7. The highest BCUT2D eigenvalue weighted by molar-refractivity contribution is 5.76. The summed E-state index contributed by atoms with van der Waals surface area (Å²) in [7, 11) is 0. The molecule has 0 bridgehead atoms. The molecule has 1 aliphatic rings. The maximum Gasteiger partial charge on any atom is 0.305 e. The fraction of sp³-hybridized carbons (Fsp3) is 0.853. The summed E-state index contributed by atoms with van der Waals surface area (Å²) < 4.78 is 16.7. The van der Waals surface area contributed by atoms with Gasteiger partial charge in [-0.2, -0.15) is 0 Å². The van der Waals surface area contributed by atoms with Crippen LogP contribution in [0.25, 0.3) is 0 Å². The molecular formula is C68H125NO10. The number of aliphatic hydroxyl groups excluding tert-OH is 5. The van der Waals surface area contributed by atoms with Crippen LogP contribution in [-0.2, 0) is 23.8 Å². The molecule has 0 radical (unpaired) electrons. The van der Waals surface area contributed by atoms with E-state index in [1.165, 1.54) is 225 Å². The maximum atomic E-state index is 13.0. The summed E-state index contributed by atoms with van der Waals surface area (Å²) in [5, 5.41) is 54.3. The number of amides is 1. The van der Waals surface area contributed by atoms with E-state index in [-0.39, 0.29) is 18.5 Å². The van der Waals surface area contributed by atoms with Crippen LogP contribution in [0.15, 0.2) is 48.6 Å².